The van der Waals surface area contributed by atoms with Gasteiger partial charge in [-0.15, -0.1) is 10.2 Å². The lowest BCUT2D eigenvalue weighted by molar-refractivity contribution is -0.121. The van der Waals surface area contributed by atoms with Gasteiger partial charge in [-0.25, -0.2) is 0 Å². The Morgan fingerprint density at radius 2 is 1.96 bits per heavy atom. The molecule has 1 amide bonds. The Balaban J connectivity index is 1.33. The number of piperidine rings is 1. The molecule has 0 unspecified atom stereocenters. The van der Waals surface area contributed by atoms with Crippen LogP contribution in [0.25, 0.3) is 10.6 Å². The van der Waals surface area contributed by atoms with Crippen LogP contribution in [-0.2, 0) is 9.53 Å². The van der Waals surface area contributed by atoms with Crippen LogP contribution >= 0.6 is 11.3 Å². The van der Waals surface area contributed by atoms with E-state index in [1.165, 1.54) is 0 Å². The lowest BCUT2D eigenvalue weighted by Crippen LogP contribution is -2.45. The lowest BCUT2D eigenvalue weighted by atomic mass is 9.93. The normalized spacial score (nSPS) is 19.9. The van der Waals surface area contributed by atoms with Crippen LogP contribution < -0.4 is 5.32 Å². The van der Waals surface area contributed by atoms with Gasteiger partial charge in [-0.1, -0.05) is 23.5 Å². The minimum absolute atomic E-state index is 0.0912. The number of rotatable bonds is 4. The van der Waals surface area contributed by atoms with E-state index in [2.05, 4.69) is 20.4 Å². The van der Waals surface area contributed by atoms with Crippen molar-refractivity contribution in [1.82, 2.24) is 15.1 Å². The van der Waals surface area contributed by atoms with Gasteiger partial charge < -0.3 is 15.0 Å². The molecule has 2 aromatic rings. The van der Waals surface area contributed by atoms with Crippen molar-refractivity contribution in [2.75, 3.05) is 31.6 Å². The van der Waals surface area contributed by atoms with E-state index >= 15 is 0 Å². The molecular formula is C20H26N4O2S. The van der Waals surface area contributed by atoms with Crippen LogP contribution in [0.4, 0.5) is 5.69 Å². The summed E-state index contributed by atoms with van der Waals surface area (Å²) in [5, 5.41) is 13.2. The van der Waals surface area contributed by atoms with Gasteiger partial charge in [-0.05, 0) is 57.8 Å². The highest BCUT2D eigenvalue weighted by molar-refractivity contribution is 7.14. The molecule has 0 radical (unpaired) electrons. The molecule has 2 aliphatic heterocycles. The maximum Gasteiger partial charge on any atom is 0.227 e. The molecule has 0 atom stereocenters. The first-order valence-electron chi connectivity index (χ1n) is 9.72. The quantitative estimate of drug-likeness (QED) is 0.873. The molecule has 3 heterocycles. The fraction of sp³-hybridized carbons (Fsp3) is 0.550. The second-order valence-electron chi connectivity index (χ2n) is 7.35. The molecule has 0 spiro atoms. The zero-order chi connectivity index (χ0) is 18.6. The molecule has 4 rings (SSSR count). The van der Waals surface area contributed by atoms with E-state index < -0.39 is 0 Å². The third-order valence-electron chi connectivity index (χ3n) is 5.51. The number of aryl methyl sites for hydroxylation is 1. The predicted molar refractivity (Wildman–Crippen MR) is 107 cm³/mol. The second kappa shape index (κ2) is 8.46. The number of ether oxygens (including phenoxy) is 1. The van der Waals surface area contributed by atoms with Gasteiger partial charge in [0.25, 0.3) is 0 Å². The van der Waals surface area contributed by atoms with Crippen LogP contribution in [0, 0.1) is 12.8 Å². The highest BCUT2D eigenvalue weighted by Crippen LogP contribution is 2.27. The number of nitrogens with zero attached hydrogens (tertiary/aromatic N) is 3. The van der Waals surface area contributed by atoms with E-state index in [9.17, 15) is 4.79 Å². The van der Waals surface area contributed by atoms with Crippen LogP contribution in [0.5, 0.6) is 0 Å². The highest BCUT2D eigenvalue weighted by atomic mass is 32.1. The largest absolute Gasteiger partial charge is 0.381 e. The standard InChI is InChI=1S/C20H26N4O2S/c1-14-22-23-20(27-14)16-3-2-4-17(13-16)21-19(25)15-5-9-24(10-6-15)18-7-11-26-12-8-18/h2-4,13,15,18H,5-12H2,1H3,(H,21,25). The molecule has 1 aromatic carbocycles. The van der Waals surface area contributed by atoms with Gasteiger partial charge in [-0.3, -0.25) is 4.79 Å². The fourth-order valence-corrected chi connectivity index (χ4v) is 4.65. The van der Waals surface area contributed by atoms with E-state index in [1.807, 2.05) is 31.2 Å². The zero-order valence-corrected chi connectivity index (χ0v) is 16.5. The Morgan fingerprint density at radius 3 is 2.67 bits per heavy atom. The van der Waals surface area contributed by atoms with Gasteiger partial charge in [0.2, 0.25) is 5.91 Å². The molecule has 1 N–H and O–H groups in total. The van der Waals surface area contributed by atoms with Gasteiger partial charge in [0.05, 0.1) is 0 Å². The van der Waals surface area contributed by atoms with Gasteiger partial charge in [0, 0.05) is 36.4 Å². The van der Waals surface area contributed by atoms with Crippen LogP contribution in [0.3, 0.4) is 0 Å². The second-order valence-corrected chi connectivity index (χ2v) is 8.53. The maximum atomic E-state index is 12.7. The average molecular weight is 387 g/mol. The monoisotopic (exact) mass is 386 g/mol. The summed E-state index contributed by atoms with van der Waals surface area (Å²) in [5.41, 5.74) is 1.82. The Morgan fingerprint density at radius 1 is 1.19 bits per heavy atom. The zero-order valence-electron chi connectivity index (χ0n) is 15.7. The number of nitrogens with one attached hydrogen (secondary N) is 1. The Hall–Kier alpha value is -1.83. The molecule has 27 heavy (non-hydrogen) atoms. The van der Waals surface area contributed by atoms with Crippen molar-refractivity contribution >= 4 is 22.9 Å². The van der Waals surface area contributed by atoms with Crippen molar-refractivity contribution in [2.45, 2.75) is 38.6 Å². The molecular weight excluding hydrogens is 360 g/mol. The molecule has 7 heteroatoms. The Kier molecular flexibility index (Phi) is 5.80. The van der Waals surface area contributed by atoms with Crippen LogP contribution in [0.1, 0.15) is 30.7 Å². The van der Waals surface area contributed by atoms with Crippen LogP contribution in [0.15, 0.2) is 24.3 Å². The van der Waals surface area contributed by atoms with E-state index in [0.29, 0.717) is 6.04 Å². The summed E-state index contributed by atoms with van der Waals surface area (Å²) in [6.45, 7) is 5.70. The smallest absolute Gasteiger partial charge is 0.227 e. The van der Waals surface area contributed by atoms with E-state index in [4.69, 9.17) is 4.74 Å². The molecule has 2 aliphatic rings. The summed E-state index contributed by atoms with van der Waals surface area (Å²) in [6.07, 6.45) is 4.10. The summed E-state index contributed by atoms with van der Waals surface area (Å²) in [5.74, 6) is 0.223. The van der Waals surface area contributed by atoms with Crippen molar-refractivity contribution in [2.24, 2.45) is 5.92 Å². The first kappa shape index (κ1) is 18.5. The molecule has 2 saturated heterocycles. The van der Waals surface area contributed by atoms with Crippen molar-refractivity contribution < 1.29 is 9.53 Å². The molecule has 6 nitrogen and oxygen atoms in total. The third-order valence-corrected chi connectivity index (χ3v) is 6.40. The number of likely N-dealkylation sites (tertiary alicyclic amines) is 1. The summed E-state index contributed by atoms with van der Waals surface area (Å²) in [6, 6.07) is 8.51. The number of anilines is 1. The SMILES string of the molecule is Cc1nnc(-c2cccc(NC(=O)C3CCN(C4CCOCC4)CC3)c2)s1. The number of aromatic nitrogens is 2. The minimum atomic E-state index is 0.0912. The Bertz CT molecular complexity index is 780. The summed E-state index contributed by atoms with van der Waals surface area (Å²) < 4.78 is 5.46. The minimum Gasteiger partial charge on any atom is -0.381 e. The summed E-state index contributed by atoms with van der Waals surface area (Å²) >= 11 is 1.56. The van der Waals surface area contributed by atoms with Crippen molar-refractivity contribution in [3.05, 3.63) is 29.3 Å². The highest BCUT2D eigenvalue weighted by Gasteiger charge is 2.29. The van der Waals surface area contributed by atoms with Gasteiger partial charge in [-0.2, -0.15) is 0 Å². The van der Waals surface area contributed by atoms with Crippen molar-refractivity contribution in [3.63, 3.8) is 0 Å². The van der Waals surface area contributed by atoms with Crippen LogP contribution in [0.2, 0.25) is 0 Å². The van der Waals surface area contributed by atoms with E-state index in [1.54, 1.807) is 11.3 Å². The molecule has 0 saturated carbocycles. The van der Waals surface area contributed by atoms with Crippen molar-refractivity contribution in [1.29, 1.82) is 0 Å². The molecule has 144 valence electrons. The number of carbonyl (C=O) groups is 1. The predicted octanol–water partition coefficient (Wildman–Crippen LogP) is 3.34. The lowest BCUT2D eigenvalue weighted by Gasteiger charge is -2.38. The number of hydrogen-bond acceptors (Lipinski definition) is 6. The number of hydrogen-bond donors (Lipinski definition) is 1. The molecule has 2 fully saturated rings. The third kappa shape index (κ3) is 4.54. The maximum absolute atomic E-state index is 12.7. The summed E-state index contributed by atoms with van der Waals surface area (Å²) in [7, 11) is 0. The topological polar surface area (TPSA) is 67.4 Å². The fourth-order valence-electron chi connectivity index (χ4n) is 3.96. The molecule has 1 aromatic heterocycles. The van der Waals surface area contributed by atoms with E-state index in [0.717, 1.165) is 73.3 Å². The van der Waals surface area contributed by atoms with Crippen molar-refractivity contribution in [3.8, 4) is 10.6 Å². The molecule has 0 bridgehead atoms. The van der Waals surface area contributed by atoms with Gasteiger partial charge in [0.15, 0.2) is 0 Å². The number of carbonyl (C=O) groups excluding carboxylic acids is 1. The first-order valence-corrected chi connectivity index (χ1v) is 10.5. The first-order chi connectivity index (χ1) is 13.2. The van der Waals surface area contributed by atoms with Gasteiger partial charge >= 0.3 is 0 Å². The number of benzene rings is 1. The summed E-state index contributed by atoms with van der Waals surface area (Å²) in [4.78, 5) is 15.3. The molecule has 0 aliphatic carbocycles. The average Bonchev–Trinajstić information content (AvgIpc) is 3.15. The van der Waals surface area contributed by atoms with Gasteiger partial charge in [0.1, 0.15) is 10.0 Å². The van der Waals surface area contributed by atoms with E-state index in [-0.39, 0.29) is 11.8 Å². The number of amides is 1. The Labute approximate surface area is 163 Å². The van der Waals surface area contributed by atoms with Crippen LogP contribution in [-0.4, -0.2) is 53.3 Å².